The number of hydrogen-bond acceptors (Lipinski definition) is 5. The van der Waals surface area contributed by atoms with Gasteiger partial charge in [0, 0.05) is 22.0 Å². The van der Waals surface area contributed by atoms with Crippen molar-refractivity contribution < 1.29 is 9.53 Å². The van der Waals surface area contributed by atoms with Crippen LogP contribution in [0.3, 0.4) is 0 Å². The van der Waals surface area contributed by atoms with E-state index in [-0.39, 0.29) is 29.0 Å². The minimum atomic E-state index is -0.438. The summed E-state index contributed by atoms with van der Waals surface area (Å²) in [7, 11) is 0. The number of alkyl halides is 1. The maximum absolute atomic E-state index is 13.4. The van der Waals surface area contributed by atoms with Crippen molar-refractivity contribution in [3.8, 4) is 17.1 Å². The van der Waals surface area contributed by atoms with E-state index in [1.807, 2.05) is 20.8 Å². The van der Waals surface area contributed by atoms with Crippen LogP contribution in [0.2, 0.25) is 5.02 Å². The van der Waals surface area contributed by atoms with Gasteiger partial charge in [-0.3, -0.25) is 14.2 Å². The minimum Gasteiger partial charge on any atom is -0.492 e. The van der Waals surface area contributed by atoms with Crippen LogP contribution in [-0.2, 0) is 11.3 Å². The molecule has 0 saturated heterocycles. The predicted octanol–water partition coefficient (Wildman–Crippen LogP) is 4.03. The third-order valence-corrected chi connectivity index (χ3v) is 4.73. The number of fused-ring (bicyclic) bond motifs is 1. The molecule has 0 fully saturated rings. The Labute approximate surface area is 190 Å². The molecule has 2 heterocycles. The van der Waals surface area contributed by atoms with Gasteiger partial charge in [-0.1, -0.05) is 23.7 Å². The number of hydrogen-bond donors (Lipinski definition) is 1. The highest BCUT2D eigenvalue weighted by Crippen LogP contribution is 2.23. The number of pyridine rings is 1. The molecule has 9 heteroatoms. The summed E-state index contributed by atoms with van der Waals surface area (Å²) < 4.78 is 6.94. The number of halogens is 2. The Morgan fingerprint density at radius 3 is 2.71 bits per heavy atom. The van der Waals surface area contributed by atoms with Gasteiger partial charge in [0.2, 0.25) is 5.91 Å². The number of aromatic nitrogens is 3. The second kappa shape index (κ2) is 9.66. The van der Waals surface area contributed by atoms with Gasteiger partial charge in [-0.05, 0) is 45.4 Å². The SMILES string of the molecule is CC(C)(C)NC(=O)Cn1c(-c2cccc(Cl)c2)nc2ncc(OCCCCl)cc2c1=O. The molecule has 0 bridgehead atoms. The van der Waals surface area contributed by atoms with Crippen LogP contribution in [-0.4, -0.2) is 38.5 Å². The first-order valence-electron chi connectivity index (χ1n) is 9.84. The Morgan fingerprint density at radius 2 is 2.03 bits per heavy atom. The van der Waals surface area contributed by atoms with Crippen molar-refractivity contribution in [3.05, 3.63) is 51.9 Å². The molecule has 2 aromatic heterocycles. The quantitative estimate of drug-likeness (QED) is 0.422. The van der Waals surface area contributed by atoms with Crippen molar-refractivity contribution in [1.82, 2.24) is 19.9 Å². The number of amides is 1. The van der Waals surface area contributed by atoms with E-state index in [2.05, 4.69) is 15.3 Å². The molecule has 1 N–H and O–H groups in total. The van der Waals surface area contributed by atoms with Gasteiger partial charge in [-0.25, -0.2) is 9.97 Å². The zero-order chi connectivity index (χ0) is 22.6. The number of nitrogens with zero attached hydrogens (tertiary/aromatic N) is 3. The summed E-state index contributed by atoms with van der Waals surface area (Å²) in [5, 5.41) is 3.63. The standard InChI is InChI=1S/C22H24Cl2N4O3/c1-22(2,3)27-18(29)13-28-20(14-6-4-7-15(24)10-14)26-19-17(21(28)30)11-16(12-25-19)31-9-5-8-23/h4,6-7,10-12H,5,8-9,13H2,1-3H3,(H,27,29). The highest BCUT2D eigenvalue weighted by molar-refractivity contribution is 6.30. The van der Waals surface area contributed by atoms with Gasteiger partial charge in [-0.2, -0.15) is 0 Å². The molecule has 0 saturated carbocycles. The van der Waals surface area contributed by atoms with Crippen molar-refractivity contribution in [2.24, 2.45) is 0 Å². The fraction of sp³-hybridized carbons (Fsp3) is 0.364. The van der Waals surface area contributed by atoms with Crippen LogP contribution in [0.25, 0.3) is 22.4 Å². The van der Waals surface area contributed by atoms with Crippen LogP contribution in [0.5, 0.6) is 5.75 Å². The average Bonchev–Trinajstić information content (AvgIpc) is 2.69. The van der Waals surface area contributed by atoms with Gasteiger partial charge in [0.05, 0.1) is 18.2 Å². The molecular formula is C22H24Cl2N4O3. The molecule has 3 aromatic rings. The lowest BCUT2D eigenvalue weighted by Crippen LogP contribution is -2.43. The number of carbonyl (C=O) groups is 1. The number of ether oxygens (including phenoxy) is 1. The Balaban J connectivity index is 2.12. The first kappa shape index (κ1) is 23.0. The molecule has 31 heavy (non-hydrogen) atoms. The highest BCUT2D eigenvalue weighted by Gasteiger charge is 2.20. The fourth-order valence-electron chi connectivity index (χ4n) is 3.01. The molecule has 0 aliphatic rings. The number of nitrogens with one attached hydrogen (secondary N) is 1. The zero-order valence-corrected chi connectivity index (χ0v) is 19.1. The lowest BCUT2D eigenvalue weighted by molar-refractivity contribution is -0.123. The topological polar surface area (TPSA) is 86.1 Å². The van der Waals surface area contributed by atoms with Crippen LogP contribution in [0.15, 0.2) is 41.3 Å². The second-order valence-corrected chi connectivity index (χ2v) is 8.88. The monoisotopic (exact) mass is 462 g/mol. The summed E-state index contributed by atoms with van der Waals surface area (Å²) in [4.78, 5) is 34.9. The maximum Gasteiger partial charge on any atom is 0.263 e. The van der Waals surface area contributed by atoms with Gasteiger partial charge in [0.15, 0.2) is 5.65 Å². The zero-order valence-electron chi connectivity index (χ0n) is 17.6. The van der Waals surface area contributed by atoms with E-state index in [1.54, 1.807) is 30.3 Å². The van der Waals surface area contributed by atoms with E-state index in [4.69, 9.17) is 27.9 Å². The Morgan fingerprint density at radius 1 is 1.26 bits per heavy atom. The van der Waals surface area contributed by atoms with Crippen LogP contribution in [0.1, 0.15) is 27.2 Å². The van der Waals surface area contributed by atoms with E-state index >= 15 is 0 Å². The number of rotatable bonds is 7. The Kier molecular flexibility index (Phi) is 7.18. The van der Waals surface area contributed by atoms with E-state index in [0.717, 1.165) is 0 Å². The first-order valence-corrected chi connectivity index (χ1v) is 10.8. The molecule has 0 unspecified atom stereocenters. The van der Waals surface area contributed by atoms with Crippen molar-refractivity contribution in [2.45, 2.75) is 39.3 Å². The fourth-order valence-corrected chi connectivity index (χ4v) is 3.31. The van der Waals surface area contributed by atoms with Crippen LogP contribution < -0.4 is 15.6 Å². The Bertz CT molecular complexity index is 1160. The summed E-state index contributed by atoms with van der Waals surface area (Å²) in [5.74, 6) is 0.924. The van der Waals surface area contributed by atoms with Gasteiger partial charge in [0.25, 0.3) is 5.56 Å². The predicted molar refractivity (Wildman–Crippen MR) is 123 cm³/mol. The molecule has 1 aromatic carbocycles. The van der Waals surface area contributed by atoms with E-state index in [0.29, 0.717) is 41.1 Å². The van der Waals surface area contributed by atoms with Crippen molar-refractivity contribution in [1.29, 1.82) is 0 Å². The maximum atomic E-state index is 13.4. The van der Waals surface area contributed by atoms with Crippen molar-refractivity contribution in [3.63, 3.8) is 0 Å². The molecular weight excluding hydrogens is 439 g/mol. The largest absolute Gasteiger partial charge is 0.492 e. The summed E-state index contributed by atoms with van der Waals surface area (Å²) in [6.07, 6.45) is 2.18. The lowest BCUT2D eigenvalue weighted by Gasteiger charge is -2.21. The van der Waals surface area contributed by atoms with Gasteiger partial charge >= 0.3 is 0 Å². The summed E-state index contributed by atoms with van der Waals surface area (Å²) in [6.45, 7) is 5.83. The van der Waals surface area contributed by atoms with E-state index in [1.165, 1.54) is 10.8 Å². The third-order valence-electron chi connectivity index (χ3n) is 4.23. The van der Waals surface area contributed by atoms with Crippen molar-refractivity contribution in [2.75, 3.05) is 12.5 Å². The summed E-state index contributed by atoms with van der Waals surface area (Å²) in [5.41, 5.74) is 0.0439. The molecule has 0 radical (unpaired) electrons. The summed E-state index contributed by atoms with van der Waals surface area (Å²) >= 11 is 11.8. The molecule has 7 nitrogen and oxygen atoms in total. The van der Waals surface area contributed by atoms with Gasteiger partial charge in [0.1, 0.15) is 18.1 Å². The molecule has 0 aliphatic heterocycles. The molecule has 0 spiro atoms. The van der Waals surface area contributed by atoms with Crippen LogP contribution >= 0.6 is 23.2 Å². The van der Waals surface area contributed by atoms with Crippen LogP contribution in [0, 0.1) is 0 Å². The smallest absolute Gasteiger partial charge is 0.263 e. The third kappa shape index (κ3) is 5.95. The molecule has 0 aliphatic carbocycles. The first-order chi connectivity index (χ1) is 14.7. The van der Waals surface area contributed by atoms with Crippen LogP contribution in [0.4, 0.5) is 0 Å². The van der Waals surface area contributed by atoms with Gasteiger partial charge in [-0.15, -0.1) is 11.6 Å². The number of carbonyl (C=O) groups excluding carboxylic acids is 1. The minimum absolute atomic E-state index is 0.196. The Hall–Kier alpha value is -2.64. The van der Waals surface area contributed by atoms with Gasteiger partial charge < -0.3 is 10.1 Å². The molecule has 3 rings (SSSR count). The normalized spacial score (nSPS) is 11.5. The molecule has 164 valence electrons. The lowest BCUT2D eigenvalue weighted by atomic mass is 10.1. The number of benzene rings is 1. The van der Waals surface area contributed by atoms with E-state index in [9.17, 15) is 9.59 Å². The summed E-state index contributed by atoms with van der Waals surface area (Å²) in [6, 6.07) is 8.54. The van der Waals surface area contributed by atoms with Crippen molar-refractivity contribution >= 4 is 40.1 Å². The molecule has 0 atom stereocenters. The average molecular weight is 463 g/mol. The second-order valence-electron chi connectivity index (χ2n) is 8.07. The molecule has 1 amide bonds. The highest BCUT2D eigenvalue weighted by atomic mass is 35.5. The van der Waals surface area contributed by atoms with E-state index < -0.39 is 5.54 Å².